The van der Waals surface area contributed by atoms with E-state index in [1.54, 1.807) is 194 Å². The number of hydrogen-bond acceptors (Lipinski definition) is 16. The van der Waals surface area contributed by atoms with E-state index in [0.717, 1.165) is 97.4 Å². The van der Waals surface area contributed by atoms with Crippen LogP contribution >= 0.6 is 0 Å². The summed E-state index contributed by atoms with van der Waals surface area (Å²) in [6.07, 6.45) is 11.8. The van der Waals surface area contributed by atoms with Crippen LogP contribution in [0.5, 0.6) is 46.0 Å². The molecular weight excluding hydrogens is 1770 g/mol. The third-order valence-electron chi connectivity index (χ3n) is 23.9. The van der Waals surface area contributed by atoms with E-state index >= 15 is 0 Å². The standard InChI is InChI=1S/2C42H30O4.4C7H8N2.C7H8.2Ti/c2*43-39-31(27-11-3-1-4-12-27)15-7-19-35(39)37-21-9-17-33(41(37)45)29-23-25-30(26-24-29)34-18-10-22-38(42(34)46)36-20-8-16-32(40(36)44)28-13-5-2-6-14-28;4*1-2-6-3-5-9-7(6)8-4-1;1-7-5-3-2-4-6-7;;/h2*1-26,43-46H;4*1-2,4H,3,5H2,(H,8,9);2-6H,1H3;;/q;;;;;;;2*+4/p-8. The second kappa shape index (κ2) is 46.0. The van der Waals surface area contributed by atoms with Crippen LogP contribution in [0.1, 0.15) is 27.8 Å². The molecule has 23 rings (SSSR count). The molecule has 15 aromatic carbocycles. The molecule has 0 amide bonds. The Kier molecular flexibility index (Phi) is 32.1. The van der Waals surface area contributed by atoms with Crippen molar-refractivity contribution in [3.05, 3.63) is 447 Å². The van der Waals surface area contributed by atoms with E-state index in [1.807, 2.05) is 189 Å². The minimum Gasteiger partial charge on any atom is -0.872 e. The molecule has 0 fully saturated rings. The number of fused-ring (bicyclic) bond motifs is 4. The number of nitrogens with zero attached hydrogens (tertiary/aromatic N) is 4. The van der Waals surface area contributed by atoms with Crippen LogP contribution in [0, 0.1) is 6.92 Å². The molecule has 16 nitrogen and oxygen atoms in total. The summed E-state index contributed by atoms with van der Waals surface area (Å²) >= 11 is 0. The van der Waals surface area contributed by atoms with Gasteiger partial charge in [0.05, 0.1) is 0 Å². The summed E-state index contributed by atoms with van der Waals surface area (Å²) in [7, 11) is 0. The molecule has 0 spiro atoms. The van der Waals surface area contributed by atoms with Crippen LogP contribution in [0.25, 0.3) is 134 Å². The van der Waals surface area contributed by atoms with Gasteiger partial charge in [0.25, 0.3) is 0 Å². The Morgan fingerprint density at radius 2 is 0.321 bits per heavy atom. The van der Waals surface area contributed by atoms with Gasteiger partial charge in [-0.2, -0.15) is 0 Å². The Hall–Kier alpha value is -16.1. The smallest absolute Gasteiger partial charge is 0.872 e. The van der Waals surface area contributed by atoms with Gasteiger partial charge in [-0.25, -0.2) is 19.9 Å². The number of hydrogen-bond donors (Lipinski definition) is 4. The number of rotatable bonds is 12. The van der Waals surface area contributed by atoms with E-state index in [2.05, 4.69) is 84.5 Å². The topological polar surface area (TPSA) is 284 Å². The van der Waals surface area contributed by atoms with Gasteiger partial charge in [-0.05, 0) is 213 Å². The molecule has 19 aromatic rings. The minimum absolute atomic E-state index is 0. The van der Waals surface area contributed by atoms with E-state index in [4.69, 9.17) is 0 Å². The first-order chi connectivity index (χ1) is 66.3. The Bertz CT molecular complexity index is 6370. The summed E-state index contributed by atoms with van der Waals surface area (Å²) in [4.78, 5) is 16.6. The Morgan fingerprint density at radius 1 is 0.168 bits per heavy atom. The Labute approximate surface area is 827 Å². The van der Waals surface area contributed by atoms with E-state index in [0.29, 0.717) is 111 Å². The third-order valence-corrected chi connectivity index (χ3v) is 23.9. The number of nitrogens with one attached hydrogen (secondary N) is 4. The zero-order valence-electron chi connectivity index (χ0n) is 75.0. The molecule has 18 heteroatoms. The van der Waals surface area contributed by atoms with E-state index in [-0.39, 0.29) is 89.4 Å². The first kappa shape index (κ1) is 95.5. The predicted molar refractivity (Wildman–Crippen MR) is 531 cm³/mol. The largest absolute Gasteiger partial charge is 4.00 e. The summed E-state index contributed by atoms with van der Waals surface area (Å²) in [5.41, 5.74) is 19.3. The first-order valence-corrected chi connectivity index (χ1v) is 44.9. The van der Waals surface area contributed by atoms with Crippen LogP contribution in [0.2, 0.25) is 0 Å². The van der Waals surface area contributed by atoms with Crippen molar-refractivity contribution in [1.82, 2.24) is 19.9 Å². The molecule has 8 heterocycles. The van der Waals surface area contributed by atoms with Gasteiger partial charge < -0.3 is 62.1 Å². The van der Waals surface area contributed by atoms with Gasteiger partial charge in [0.15, 0.2) is 0 Å². The van der Waals surface area contributed by atoms with Crippen LogP contribution in [0.15, 0.2) is 419 Å². The summed E-state index contributed by atoms with van der Waals surface area (Å²) in [6, 6.07) is 120. The molecule has 0 saturated carbocycles. The van der Waals surface area contributed by atoms with Crippen molar-refractivity contribution in [3.63, 3.8) is 0 Å². The van der Waals surface area contributed by atoms with Crippen LogP contribution in [0.4, 0.5) is 23.3 Å². The maximum absolute atomic E-state index is 13.7. The van der Waals surface area contributed by atoms with Crippen molar-refractivity contribution in [3.8, 4) is 180 Å². The SMILES string of the molecule is Cc1ccccc1.[O-]c1c(-c2ccccc2)cccc1-c1cccc(-c2ccc(-c3cccc(-c4cccc(-c5ccccc5)c4[O-])c3[O-])cc2)c1[O-].[O-]c1c(-c2ccccc2)cccc1-c1cccc(-c2ccc(-c3cccc(-c4cccc(-c5ccccc5)c4[O-])c3[O-])cc2)c1[O-].[Ti+4].[Ti+4].c1cnc2c(c1)CCN2.c1cnc2c(c1)CCN2.c1cnc2c(c1)CCN2.c1cnc2c(c1)CCN2. The normalized spacial score (nSPS) is 11.7. The Balaban J connectivity index is 0.000000142. The molecule has 0 bridgehead atoms. The maximum Gasteiger partial charge on any atom is 4.00 e. The summed E-state index contributed by atoms with van der Waals surface area (Å²) in [6.45, 7) is 6.28. The molecule has 0 aliphatic carbocycles. The molecule has 4 N–H and O–H groups in total. The van der Waals surface area contributed by atoms with E-state index in [1.165, 1.54) is 27.8 Å². The van der Waals surface area contributed by atoms with Gasteiger partial charge >= 0.3 is 43.4 Å². The fraction of sp³-hybridized carbons (Fsp3) is 0.0756. The quantitative estimate of drug-likeness (QED) is 0.0827. The summed E-state index contributed by atoms with van der Waals surface area (Å²) in [5, 5.41) is 121. The van der Waals surface area contributed by atoms with Gasteiger partial charge in [-0.1, -0.05) is 422 Å². The molecule has 664 valence electrons. The number of anilines is 4. The third kappa shape index (κ3) is 22.6. The molecule has 4 aliphatic heterocycles. The van der Waals surface area contributed by atoms with Crippen molar-refractivity contribution >= 4 is 23.3 Å². The van der Waals surface area contributed by atoms with Gasteiger partial charge in [0.2, 0.25) is 0 Å². The van der Waals surface area contributed by atoms with Crippen LogP contribution in [-0.2, 0) is 69.1 Å². The van der Waals surface area contributed by atoms with Crippen molar-refractivity contribution in [2.24, 2.45) is 0 Å². The molecule has 4 aromatic heterocycles. The van der Waals surface area contributed by atoms with Crippen molar-refractivity contribution < 1.29 is 84.3 Å². The molecule has 137 heavy (non-hydrogen) atoms. The molecule has 0 radical (unpaired) electrons. The average molecular weight is 1860 g/mol. The minimum atomic E-state index is -0.245. The molecule has 4 aliphatic rings. The van der Waals surface area contributed by atoms with Gasteiger partial charge in [0.1, 0.15) is 23.3 Å². The predicted octanol–water partition coefficient (Wildman–Crippen LogP) is 22.2. The van der Waals surface area contributed by atoms with E-state index in [9.17, 15) is 40.9 Å². The molecular formula is C119H92N8O8Ti2. The maximum atomic E-state index is 13.7. The molecule has 0 unspecified atom stereocenters. The van der Waals surface area contributed by atoms with Crippen LogP contribution in [0.3, 0.4) is 0 Å². The summed E-state index contributed by atoms with van der Waals surface area (Å²) < 4.78 is 0. The fourth-order valence-corrected chi connectivity index (χ4v) is 16.9. The summed E-state index contributed by atoms with van der Waals surface area (Å²) in [5.74, 6) is 2.50. The van der Waals surface area contributed by atoms with Crippen molar-refractivity contribution in [1.29, 1.82) is 0 Å². The van der Waals surface area contributed by atoms with Crippen LogP contribution < -0.4 is 62.1 Å². The fourth-order valence-electron chi connectivity index (χ4n) is 16.9. The average Bonchev–Trinajstić information content (AvgIpc) is 0.978. The zero-order valence-corrected chi connectivity index (χ0v) is 78.2. The monoisotopic (exact) mass is 1860 g/mol. The van der Waals surface area contributed by atoms with Crippen LogP contribution in [-0.4, -0.2) is 46.1 Å². The second-order valence-corrected chi connectivity index (χ2v) is 32.5. The van der Waals surface area contributed by atoms with Crippen molar-refractivity contribution in [2.75, 3.05) is 47.4 Å². The first-order valence-electron chi connectivity index (χ1n) is 44.9. The van der Waals surface area contributed by atoms with Gasteiger partial charge in [-0.15, -0.1) is 0 Å². The number of benzene rings is 15. The molecule has 0 atom stereocenters. The van der Waals surface area contributed by atoms with Gasteiger partial charge in [-0.3, -0.25) is 0 Å². The Morgan fingerprint density at radius 3 is 0.474 bits per heavy atom. The number of pyridine rings is 4. The number of aromatic nitrogens is 4. The van der Waals surface area contributed by atoms with Gasteiger partial charge in [0, 0.05) is 51.0 Å². The number of aryl methyl sites for hydroxylation is 1. The molecule has 0 saturated heterocycles. The zero-order chi connectivity index (χ0) is 92.8. The van der Waals surface area contributed by atoms with E-state index < -0.39 is 0 Å². The van der Waals surface area contributed by atoms with Crippen molar-refractivity contribution in [2.45, 2.75) is 32.6 Å². The second-order valence-electron chi connectivity index (χ2n) is 32.5. The number of para-hydroxylation sites is 8.